The lowest BCUT2D eigenvalue weighted by Crippen LogP contribution is -2.55. The van der Waals surface area contributed by atoms with Gasteiger partial charge in [0.25, 0.3) is 5.56 Å². The molecule has 4 aliphatic rings. The molecule has 2 aliphatic heterocycles. The normalized spacial score (nSPS) is 34.7. The van der Waals surface area contributed by atoms with Gasteiger partial charge in [0.05, 0.1) is 17.6 Å². The van der Waals surface area contributed by atoms with Gasteiger partial charge in [-0.05, 0) is 94.2 Å². The van der Waals surface area contributed by atoms with Crippen molar-refractivity contribution >= 4 is 17.0 Å². The number of ether oxygens (including phenoxy) is 1. The van der Waals surface area contributed by atoms with Crippen LogP contribution in [0.15, 0.2) is 29.1 Å². The zero-order chi connectivity index (χ0) is 23.4. The lowest BCUT2D eigenvalue weighted by Gasteiger charge is -2.59. The highest BCUT2D eigenvalue weighted by atomic mass is 16.5. The van der Waals surface area contributed by atoms with E-state index in [4.69, 9.17) is 4.74 Å². The first-order valence-corrected chi connectivity index (χ1v) is 13.5. The molecule has 6 heteroatoms. The van der Waals surface area contributed by atoms with E-state index in [9.17, 15) is 9.59 Å². The summed E-state index contributed by atoms with van der Waals surface area (Å²) in [5, 5.41) is 0. The summed E-state index contributed by atoms with van der Waals surface area (Å²) in [5.74, 6) is 3.29. The Morgan fingerprint density at radius 1 is 1.09 bits per heavy atom. The molecular weight excluding hydrogens is 426 g/mol. The maximum Gasteiger partial charge on any atom is 0.362 e. The first kappa shape index (κ1) is 22.3. The number of hydrogen-bond donors (Lipinski definition) is 0. The lowest BCUT2D eigenvalue weighted by atomic mass is 9.48. The van der Waals surface area contributed by atoms with Crippen molar-refractivity contribution in [3.63, 3.8) is 0 Å². The molecule has 1 aromatic carbocycles. The van der Waals surface area contributed by atoms with Gasteiger partial charge in [-0.1, -0.05) is 25.5 Å². The maximum atomic E-state index is 13.6. The van der Waals surface area contributed by atoms with Gasteiger partial charge in [-0.2, -0.15) is 0 Å². The molecule has 0 amide bonds. The van der Waals surface area contributed by atoms with E-state index in [0.717, 1.165) is 42.0 Å². The molecule has 34 heavy (non-hydrogen) atoms. The van der Waals surface area contributed by atoms with Crippen LogP contribution in [-0.4, -0.2) is 45.7 Å². The summed E-state index contributed by atoms with van der Waals surface area (Å²) >= 11 is 0. The van der Waals surface area contributed by atoms with Crippen LogP contribution in [0.25, 0.3) is 11.0 Å². The highest BCUT2D eigenvalue weighted by Crippen LogP contribution is 2.59. The molecule has 2 aliphatic carbocycles. The maximum absolute atomic E-state index is 13.6. The molecule has 2 unspecified atom stereocenters. The lowest BCUT2D eigenvalue weighted by molar-refractivity contribution is -0.0923. The molecule has 2 aromatic rings. The fourth-order valence-corrected chi connectivity index (χ4v) is 8.01. The second kappa shape index (κ2) is 8.78. The van der Waals surface area contributed by atoms with E-state index in [0.29, 0.717) is 17.6 Å². The number of aromatic nitrogens is 2. The van der Waals surface area contributed by atoms with E-state index in [2.05, 4.69) is 16.8 Å². The summed E-state index contributed by atoms with van der Waals surface area (Å²) in [7, 11) is 0. The van der Waals surface area contributed by atoms with Gasteiger partial charge in [0.15, 0.2) is 0 Å². The average Bonchev–Trinajstić information content (AvgIpc) is 2.80. The SMILES string of the molecule is CCOC(=O)c1nc2ccccc2n(C2C[C@H]3CCC[C@@H](C2)N3CC[C@H]2C[C@H]3C[C@@H](C)C23)c1=O. The summed E-state index contributed by atoms with van der Waals surface area (Å²) in [6, 6.07) is 8.86. The summed E-state index contributed by atoms with van der Waals surface area (Å²) in [6.45, 7) is 5.64. The molecule has 3 heterocycles. The molecule has 2 saturated carbocycles. The molecule has 0 radical (unpaired) electrons. The molecule has 2 bridgehead atoms. The molecule has 182 valence electrons. The third kappa shape index (κ3) is 3.60. The minimum Gasteiger partial charge on any atom is -0.461 e. The van der Waals surface area contributed by atoms with Crippen LogP contribution in [0, 0.1) is 23.7 Å². The topological polar surface area (TPSA) is 64.4 Å². The number of hydrogen-bond acceptors (Lipinski definition) is 5. The van der Waals surface area contributed by atoms with Gasteiger partial charge in [0, 0.05) is 18.1 Å². The minimum absolute atomic E-state index is 0.0812. The number of nitrogens with zero attached hydrogens (tertiary/aromatic N) is 3. The first-order valence-electron chi connectivity index (χ1n) is 13.5. The predicted molar refractivity (Wildman–Crippen MR) is 132 cm³/mol. The Kier molecular flexibility index (Phi) is 5.75. The largest absolute Gasteiger partial charge is 0.461 e. The van der Waals surface area contributed by atoms with Crippen LogP contribution in [-0.2, 0) is 4.74 Å². The van der Waals surface area contributed by atoms with Crippen molar-refractivity contribution < 1.29 is 9.53 Å². The Labute approximate surface area is 201 Å². The van der Waals surface area contributed by atoms with Crippen molar-refractivity contribution in [3.8, 4) is 0 Å². The molecule has 1 aromatic heterocycles. The Morgan fingerprint density at radius 2 is 1.85 bits per heavy atom. The van der Waals surface area contributed by atoms with E-state index in [1.807, 2.05) is 28.8 Å². The first-order chi connectivity index (χ1) is 16.5. The highest BCUT2D eigenvalue weighted by Gasteiger charge is 2.51. The molecule has 0 N–H and O–H groups in total. The summed E-state index contributed by atoms with van der Waals surface area (Å²) < 4.78 is 7.05. The average molecular weight is 464 g/mol. The summed E-state index contributed by atoms with van der Waals surface area (Å²) in [6.07, 6.45) is 9.90. The van der Waals surface area contributed by atoms with Gasteiger partial charge in [-0.15, -0.1) is 0 Å². The van der Waals surface area contributed by atoms with Crippen LogP contribution in [0.2, 0.25) is 0 Å². The molecule has 4 fully saturated rings. The Balaban J connectivity index is 1.26. The van der Waals surface area contributed by atoms with E-state index in [-0.39, 0.29) is 23.9 Å². The van der Waals surface area contributed by atoms with Gasteiger partial charge < -0.3 is 9.30 Å². The minimum atomic E-state index is -0.617. The summed E-state index contributed by atoms with van der Waals surface area (Å²) in [4.78, 5) is 33.3. The predicted octanol–water partition coefficient (Wildman–Crippen LogP) is 4.81. The number of fused-ring (bicyclic) bond motifs is 4. The standard InChI is InChI=1S/C28H37N3O3/c1-3-34-28(33)26-27(32)31(24-10-5-4-9-23(24)29-26)22-15-20-7-6-8-21(16-22)30(20)12-11-18-14-19-13-17(2)25(18)19/h4-5,9-10,17-22,25H,3,6-8,11-16H2,1-2H3/t17-,18+,19-,20-,21+,22?,25?/m1/s1. The number of piperidine rings is 2. The molecular formula is C28H37N3O3. The fourth-order valence-electron chi connectivity index (χ4n) is 8.01. The van der Waals surface area contributed by atoms with Gasteiger partial charge in [-0.3, -0.25) is 9.69 Å². The number of esters is 1. The number of para-hydroxylation sites is 2. The highest BCUT2D eigenvalue weighted by molar-refractivity contribution is 5.89. The van der Waals surface area contributed by atoms with Crippen molar-refractivity contribution in [2.75, 3.05) is 13.2 Å². The zero-order valence-electron chi connectivity index (χ0n) is 20.5. The quantitative estimate of drug-likeness (QED) is 0.575. The van der Waals surface area contributed by atoms with Crippen molar-refractivity contribution in [2.45, 2.75) is 83.3 Å². The Bertz CT molecular complexity index is 1130. The third-order valence-electron chi connectivity index (χ3n) is 9.51. The van der Waals surface area contributed by atoms with Crippen molar-refractivity contribution in [3.05, 3.63) is 40.3 Å². The molecule has 6 rings (SSSR count). The van der Waals surface area contributed by atoms with Gasteiger partial charge >= 0.3 is 5.97 Å². The second-order valence-corrected chi connectivity index (χ2v) is 11.3. The van der Waals surface area contributed by atoms with E-state index < -0.39 is 5.97 Å². The number of rotatable bonds is 6. The monoisotopic (exact) mass is 463 g/mol. The fraction of sp³-hybridized carbons (Fsp3) is 0.679. The van der Waals surface area contributed by atoms with E-state index in [1.54, 1.807) is 6.92 Å². The Morgan fingerprint density at radius 3 is 2.56 bits per heavy atom. The van der Waals surface area contributed by atoms with Crippen LogP contribution in [0.5, 0.6) is 0 Å². The van der Waals surface area contributed by atoms with Crippen LogP contribution < -0.4 is 5.56 Å². The van der Waals surface area contributed by atoms with E-state index in [1.165, 1.54) is 45.1 Å². The Hall–Kier alpha value is -2.21. The zero-order valence-corrected chi connectivity index (χ0v) is 20.5. The van der Waals surface area contributed by atoms with E-state index >= 15 is 0 Å². The van der Waals surface area contributed by atoms with Crippen LogP contribution in [0.1, 0.15) is 81.7 Å². The third-order valence-corrected chi connectivity index (χ3v) is 9.51. The molecule has 2 saturated heterocycles. The van der Waals surface area contributed by atoms with Crippen LogP contribution in [0.3, 0.4) is 0 Å². The van der Waals surface area contributed by atoms with Crippen molar-refractivity contribution in [1.82, 2.24) is 14.5 Å². The molecule has 0 spiro atoms. The number of carbonyl (C=O) groups excluding carboxylic acids is 1. The summed E-state index contributed by atoms with van der Waals surface area (Å²) in [5.41, 5.74) is 1.14. The van der Waals surface area contributed by atoms with Crippen LogP contribution >= 0.6 is 0 Å². The smallest absolute Gasteiger partial charge is 0.362 e. The number of benzene rings is 1. The number of carbonyl (C=O) groups is 1. The van der Waals surface area contributed by atoms with Gasteiger partial charge in [0.2, 0.25) is 5.69 Å². The van der Waals surface area contributed by atoms with Gasteiger partial charge in [0.1, 0.15) is 0 Å². The van der Waals surface area contributed by atoms with Crippen molar-refractivity contribution in [1.29, 1.82) is 0 Å². The van der Waals surface area contributed by atoms with Crippen molar-refractivity contribution in [2.24, 2.45) is 23.7 Å². The second-order valence-electron chi connectivity index (χ2n) is 11.3. The van der Waals surface area contributed by atoms with Gasteiger partial charge in [-0.25, -0.2) is 9.78 Å². The molecule has 7 atom stereocenters. The molecule has 6 nitrogen and oxygen atoms in total. The van der Waals surface area contributed by atoms with Crippen LogP contribution in [0.4, 0.5) is 0 Å².